The summed E-state index contributed by atoms with van der Waals surface area (Å²) >= 11 is 5.18. The number of aryl methyl sites for hydroxylation is 2. The first kappa shape index (κ1) is 17.0. The number of fused-ring (bicyclic) bond motifs is 1. The van der Waals surface area contributed by atoms with Crippen molar-refractivity contribution in [3.8, 4) is 11.1 Å². The lowest BCUT2D eigenvalue weighted by molar-refractivity contribution is 0.600. The highest BCUT2D eigenvalue weighted by Crippen LogP contribution is 2.45. The van der Waals surface area contributed by atoms with Gasteiger partial charge in [0.15, 0.2) is 0 Å². The Balaban J connectivity index is 1.96. The molecule has 4 nitrogen and oxygen atoms in total. The maximum Gasteiger partial charge on any atom is 0.235 e. The number of hydrogen-bond donors (Lipinski definition) is 1. The number of pyridine rings is 1. The van der Waals surface area contributed by atoms with Crippen molar-refractivity contribution in [2.24, 2.45) is 0 Å². The van der Waals surface area contributed by atoms with Gasteiger partial charge in [-0.05, 0) is 54.2 Å². The highest BCUT2D eigenvalue weighted by Gasteiger charge is 2.36. The van der Waals surface area contributed by atoms with E-state index in [4.69, 9.17) is 0 Å². The molecule has 1 N–H and O–H groups in total. The zero-order valence-corrected chi connectivity index (χ0v) is 17.1. The van der Waals surface area contributed by atoms with Gasteiger partial charge < -0.3 is 0 Å². The number of thiophene rings is 1. The standard InChI is InChI=1S/C18H17BrN2O2S2/c1-10-4-3-5-12(8-10)15-16-14(21-25(22,23)13-6-7-13)9-11(2)20-18(16)24-17(15)19/h3-5,8-9,13H,6-7H2,1-2H3,(H,20,21). The minimum absolute atomic E-state index is 0.263. The summed E-state index contributed by atoms with van der Waals surface area (Å²) < 4.78 is 28.7. The molecule has 2 aromatic heterocycles. The zero-order valence-electron chi connectivity index (χ0n) is 13.8. The summed E-state index contributed by atoms with van der Waals surface area (Å²) in [5.74, 6) is 0. The largest absolute Gasteiger partial charge is 0.283 e. The van der Waals surface area contributed by atoms with Crippen LogP contribution in [-0.2, 0) is 10.0 Å². The van der Waals surface area contributed by atoms with Gasteiger partial charge >= 0.3 is 0 Å². The Morgan fingerprint density at radius 2 is 2.00 bits per heavy atom. The molecule has 3 aromatic rings. The normalized spacial score (nSPS) is 14.8. The summed E-state index contributed by atoms with van der Waals surface area (Å²) in [6, 6.07) is 10.0. The van der Waals surface area contributed by atoms with Crippen LogP contribution in [0.15, 0.2) is 34.1 Å². The molecule has 130 valence electrons. The Bertz CT molecular complexity index is 1090. The molecular weight excluding hydrogens is 420 g/mol. The molecule has 2 heterocycles. The Morgan fingerprint density at radius 3 is 2.68 bits per heavy atom. The van der Waals surface area contributed by atoms with Crippen molar-refractivity contribution in [2.45, 2.75) is 31.9 Å². The number of rotatable bonds is 4. The predicted octanol–water partition coefficient (Wildman–Crippen LogP) is 5.25. The highest BCUT2D eigenvalue weighted by atomic mass is 79.9. The second-order valence-electron chi connectivity index (χ2n) is 6.46. The van der Waals surface area contributed by atoms with Gasteiger partial charge in [-0.1, -0.05) is 29.8 Å². The van der Waals surface area contributed by atoms with Gasteiger partial charge in [0.25, 0.3) is 0 Å². The van der Waals surface area contributed by atoms with E-state index in [1.807, 2.05) is 38.1 Å². The van der Waals surface area contributed by atoms with Gasteiger partial charge in [0.05, 0.1) is 14.7 Å². The molecule has 1 aliphatic carbocycles. The average Bonchev–Trinajstić information content (AvgIpc) is 3.31. The molecule has 0 saturated heterocycles. The van der Waals surface area contributed by atoms with Gasteiger partial charge in [-0.15, -0.1) is 11.3 Å². The van der Waals surface area contributed by atoms with E-state index in [9.17, 15) is 8.42 Å². The molecule has 4 rings (SSSR count). The lowest BCUT2D eigenvalue weighted by Crippen LogP contribution is -2.17. The smallest absolute Gasteiger partial charge is 0.235 e. The number of sulfonamides is 1. The first-order chi connectivity index (χ1) is 11.8. The van der Waals surface area contributed by atoms with Crippen LogP contribution in [0, 0.1) is 13.8 Å². The van der Waals surface area contributed by atoms with Crippen LogP contribution in [0.4, 0.5) is 5.69 Å². The summed E-state index contributed by atoms with van der Waals surface area (Å²) in [5, 5.41) is 0.595. The maximum absolute atomic E-state index is 12.5. The molecule has 0 bridgehead atoms. The van der Waals surface area contributed by atoms with Crippen molar-refractivity contribution in [1.29, 1.82) is 0 Å². The molecule has 1 saturated carbocycles. The average molecular weight is 437 g/mol. The van der Waals surface area contributed by atoms with Crippen molar-refractivity contribution < 1.29 is 8.42 Å². The fourth-order valence-corrected chi connectivity index (χ4v) is 6.22. The predicted molar refractivity (Wildman–Crippen MR) is 108 cm³/mol. The second-order valence-corrected chi connectivity index (χ2v) is 10.7. The van der Waals surface area contributed by atoms with Crippen LogP contribution in [0.5, 0.6) is 0 Å². The van der Waals surface area contributed by atoms with Gasteiger partial charge in [-0.25, -0.2) is 13.4 Å². The number of benzene rings is 1. The van der Waals surface area contributed by atoms with Crippen LogP contribution in [0.1, 0.15) is 24.1 Å². The topological polar surface area (TPSA) is 59.1 Å². The van der Waals surface area contributed by atoms with E-state index < -0.39 is 10.0 Å². The number of hydrogen-bond acceptors (Lipinski definition) is 4. The van der Waals surface area contributed by atoms with E-state index in [2.05, 4.69) is 31.7 Å². The van der Waals surface area contributed by atoms with Crippen LogP contribution in [0.3, 0.4) is 0 Å². The molecule has 0 aliphatic heterocycles. The molecule has 0 radical (unpaired) electrons. The maximum atomic E-state index is 12.5. The van der Waals surface area contributed by atoms with Crippen LogP contribution in [0.2, 0.25) is 0 Å². The van der Waals surface area contributed by atoms with Crippen molar-refractivity contribution in [2.75, 3.05) is 4.72 Å². The second kappa shape index (κ2) is 6.07. The quantitative estimate of drug-likeness (QED) is 0.607. The highest BCUT2D eigenvalue weighted by molar-refractivity contribution is 9.11. The lowest BCUT2D eigenvalue weighted by atomic mass is 10.0. The molecule has 25 heavy (non-hydrogen) atoms. The SMILES string of the molecule is Cc1cccc(-c2c(Br)sc3nc(C)cc(NS(=O)(=O)C4CC4)c23)c1. The molecule has 0 unspecified atom stereocenters. The minimum Gasteiger partial charge on any atom is -0.283 e. The van der Waals surface area contributed by atoms with Crippen molar-refractivity contribution >= 4 is 53.2 Å². The Hall–Kier alpha value is -1.44. The Labute approximate surface area is 159 Å². The van der Waals surface area contributed by atoms with Crippen LogP contribution < -0.4 is 4.72 Å². The van der Waals surface area contributed by atoms with E-state index >= 15 is 0 Å². The molecule has 1 aromatic carbocycles. The number of aromatic nitrogens is 1. The first-order valence-electron chi connectivity index (χ1n) is 8.03. The van der Waals surface area contributed by atoms with Gasteiger partial charge in [0.2, 0.25) is 10.0 Å². The Kier molecular flexibility index (Phi) is 4.13. The number of halogens is 1. The molecule has 0 spiro atoms. The zero-order chi connectivity index (χ0) is 17.8. The molecule has 0 atom stereocenters. The summed E-state index contributed by atoms with van der Waals surface area (Å²) in [6.45, 7) is 3.93. The van der Waals surface area contributed by atoms with Gasteiger partial charge in [-0.2, -0.15) is 0 Å². The van der Waals surface area contributed by atoms with Crippen LogP contribution in [0.25, 0.3) is 21.3 Å². The van der Waals surface area contributed by atoms with Crippen molar-refractivity contribution in [1.82, 2.24) is 4.98 Å². The van der Waals surface area contributed by atoms with E-state index in [1.54, 1.807) is 0 Å². The van der Waals surface area contributed by atoms with Crippen molar-refractivity contribution in [3.05, 3.63) is 45.4 Å². The van der Waals surface area contributed by atoms with Crippen LogP contribution >= 0.6 is 27.3 Å². The molecule has 1 fully saturated rings. The third-order valence-electron chi connectivity index (χ3n) is 4.27. The van der Waals surface area contributed by atoms with Gasteiger partial charge in [0, 0.05) is 16.6 Å². The van der Waals surface area contributed by atoms with E-state index in [-0.39, 0.29) is 5.25 Å². The third kappa shape index (κ3) is 3.20. The van der Waals surface area contributed by atoms with Crippen molar-refractivity contribution in [3.63, 3.8) is 0 Å². The lowest BCUT2D eigenvalue weighted by Gasteiger charge is -2.11. The van der Waals surface area contributed by atoms with E-state index in [0.29, 0.717) is 5.69 Å². The fourth-order valence-electron chi connectivity index (χ4n) is 2.95. The third-order valence-corrected chi connectivity index (χ3v) is 7.88. The van der Waals surface area contributed by atoms with E-state index in [0.717, 1.165) is 49.2 Å². The summed E-state index contributed by atoms with van der Waals surface area (Å²) in [5.41, 5.74) is 4.61. The fraction of sp³-hybridized carbons (Fsp3) is 0.278. The minimum atomic E-state index is -3.33. The summed E-state index contributed by atoms with van der Waals surface area (Å²) in [7, 11) is -3.33. The number of nitrogens with zero attached hydrogens (tertiary/aromatic N) is 1. The van der Waals surface area contributed by atoms with Gasteiger partial charge in [-0.3, -0.25) is 4.72 Å². The first-order valence-corrected chi connectivity index (χ1v) is 11.2. The molecule has 1 aliphatic rings. The summed E-state index contributed by atoms with van der Waals surface area (Å²) in [6.07, 6.45) is 1.47. The van der Waals surface area contributed by atoms with E-state index in [1.165, 1.54) is 11.3 Å². The molecule has 7 heteroatoms. The monoisotopic (exact) mass is 436 g/mol. The number of anilines is 1. The molecular formula is C18H17BrN2O2S2. The Morgan fingerprint density at radius 1 is 1.24 bits per heavy atom. The number of nitrogens with one attached hydrogen (secondary N) is 1. The van der Waals surface area contributed by atoms with Gasteiger partial charge in [0.1, 0.15) is 4.83 Å². The van der Waals surface area contributed by atoms with Crippen LogP contribution in [-0.4, -0.2) is 18.7 Å². The molecule has 0 amide bonds. The summed E-state index contributed by atoms with van der Waals surface area (Å²) in [4.78, 5) is 5.44.